The minimum Gasteiger partial charge on any atom is -0.485 e. The molecule has 1 aliphatic heterocycles. The first-order valence-corrected chi connectivity index (χ1v) is 7.25. The van der Waals surface area contributed by atoms with Gasteiger partial charge in [-0.15, -0.1) is 0 Å². The van der Waals surface area contributed by atoms with Gasteiger partial charge in [0.1, 0.15) is 11.9 Å². The molecule has 0 saturated heterocycles. The quantitative estimate of drug-likeness (QED) is 0.698. The lowest BCUT2D eigenvalue weighted by Crippen LogP contribution is -2.21. The molecule has 1 fully saturated rings. The van der Waals surface area contributed by atoms with E-state index in [9.17, 15) is 0 Å². The van der Waals surface area contributed by atoms with Crippen LogP contribution in [0.1, 0.15) is 42.9 Å². The van der Waals surface area contributed by atoms with Crippen molar-refractivity contribution < 1.29 is 4.74 Å². The topological polar surface area (TPSA) is 9.23 Å². The van der Waals surface area contributed by atoms with Crippen LogP contribution >= 0.6 is 0 Å². The highest BCUT2D eigenvalue weighted by Gasteiger charge is 2.29. The molecule has 1 nitrogen and oxygen atoms in total. The largest absolute Gasteiger partial charge is 0.485 e. The van der Waals surface area contributed by atoms with Crippen molar-refractivity contribution >= 4 is 6.08 Å². The molecule has 19 heavy (non-hydrogen) atoms. The molecule has 1 aromatic rings. The molecule has 2 aliphatic rings. The van der Waals surface area contributed by atoms with Gasteiger partial charge in [0.05, 0.1) is 0 Å². The van der Waals surface area contributed by atoms with Crippen LogP contribution in [0.25, 0.3) is 6.08 Å². The molecule has 0 bridgehead atoms. The summed E-state index contributed by atoms with van der Waals surface area (Å²) in [6, 6.07) is 4.42. The van der Waals surface area contributed by atoms with Gasteiger partial charge in [-0.2, -0.15) is 0 Å². The molecule has 1 heterocycles. The highest BCUT2D eigenvalue weighted by molar-refractivity contribution is 5.68. The van der Waals surface area contributed by atoms with E-state index in [-0.39, 0.29) is 6.10 Å². The molecule has 0 N–H and O–H groups in total. The summed E-state index contributed by atoms with van der Waals surface area (Å²) in [7, 11) is 0. The fraction of sp³-hybridized carbons (Fsp3) is 0.444. The highest BCUT2D eigenvalue weighted by atomic mass is 16.5. The van der Waals surface area contributed by atoms with Gasteiger partial charge in [0.15, 0.2) is 0 Å². The Bertz CT molecular complexity index is 561. The first-order chi connectivity index (χ1) is 9.06. The standard InChI is InChI=1S/C18H22O/c1-11-8-12(2)18-16(9-11)10-17(15-6-5-7-15)13(3)14(4)19-18/h8-10,14-15H,3,5-7H2,1-2,4H3. The second kappa shape index (κ2) is 4.56. The fourth-order valence-corrected chi connectivity index (χ4v) is 3.10. The Morgan fingerprint density at radius 3 is 2.58 bits per heavy atom. The predicted octanol–water partition coefficient (Wildman–Crippen LogP) is 4.82. The van der Waals surface area contributed by atoms with Crippen LogP contribution in [0.3, 0.4) is 0 Å². The van der Waals surface area contributed by atoms with E-state index in [1.54, 1.807) is 0 Å². The Morgan fingerprint density at radius 2 is 1.95 bits per heavy atom. The number of hydrogen-bond donors (Lipinski definition) is 0. The smallest absolute Gasteiger partial charge is 0.130 e. The van der Waals surface area contributed by atoms with Crippen LogP contribution in [0.5, 0.6) is 5.75 Å². The number of fused-ring (bicyclic) bond motifs is 1. The summed E-state index contributed by atoms with van der Waals surface area (Å²) >= 11 is 0. The molecule has 1 heteroatoms. The van der Waals surface area contributed by atoms with Crippen molar-refractivity contribution in [3.63, 3.8) is 0 Å². The van der Waals surface area contributed by atoms with Gasteiger partial charge in [-0.25, -0.2) is 0 Å². The molecule has 0 aromatic heterocycles. The van der Waals surface area contributed by atoms with Gasteiger partial charge < -0.3 is 4.74 Å². The van der Waals surface area contributed by atoms with Crippen LogP contribution in [0, 0.1) is 19.8 Å². The zero-order chi connectivity index (χ0) is 13.6. The first kappa shape index (κ1) is 12.5. The lowest BCUT2D eigenvalue weighted by Gasteiger charge is -2.30. The Labute approximate surface area is 116 Å². The van der Waals surface area contributed by atoms with E-state index in [0.29, 0.717) is 5.92 Å². The van der Waals surface area contributed by atoms with Gasteiger partial charge in [0.25, 0.3) is 0 Å². The summed E-state index contributed by atoms with van der Waals surface area (Å²) in [4.78, 5) is 0. The molecule has 0 amide bonds. The minimum atomic E-state index is 0.0782. The fourth-order valence-electron chi connectivity index (χ4n) is 3.10. The molecule has 1 aromatic carbocycles. The summed E-state index contributed by atoms with van der Waals surface area (Å²) in [5.74, 6) is 1.74. The SMILES string of the molecule is C=C1C(C2CCC2)=Cc2cc(C)cc(C)c2OC1C. The van der Waals surface area contributed by atoms with Crippen LogP contribution < -0.4 is 4.74 Å². The Balaban J connectivity index is 2.13. The van der Waals surface area contributed by atoms with E-state index in [4.69, 9.17) is 4.74 Å². The summed E-state index contributed by atoms with van der Waals surface area (Å²) in [5.41, 5.74) is 6.33. The van der Waals surface area contributed by atoms with Gasteiger partial charge in [-0.3, -0.25) is 0 Å². The Morgan fingerprint density at radius 1 is 1.21 bits per heavy atom. The zero-order valence-electron chi connectivity index (χ0n) is 12.1. The van der Waals surface area contributed by atoms with Crippen molar-refractivity contribution in [3.05, 3.63) is 46.5 Å². The average Bonchev–Trinajstić information content (AvgIpc) is 2.38. The number of ether oxygens (including phenoxy) is 1. The number of benzene rings is 1. The monoisotopic (exact) mass is 254 g/mol. The van der Waals surface area contributed by atoms with E-state index < -0.39 is 0 Å². The maximum absolute atomic E-state index is 6.15. The first-order valence-electron chi connectivity index (χ1n) is 7.25. The third-order valence-electron chi connectivity index (χ3n) is 4.46. The van der Waals surface area contributed by atoms with Crippen molar-refractivity contribution in [1.82, 2.24) is 0 Å². The van der Waals surface area contributed by atoms with E-state index in [1.807, 2.05) is 0 Å². The highest BCUT2D eigenvalue weighted by Crippen LogP contribution is 2.42. The van der Waals surface area contributed by atoms with Gasteiger partial charge in [0.2, 0.25) is 0 Å². The van der Waals surface area contributed by atoms with E-state index in [0.717, 1.165) is 11.3 Å². The van der Waals surface area contributed by atoms with Gasteiger partial charge in [-0.05, 0) is 68.4 Å². The minimum absolute atomic E-state index is 0.0782. The van der Waals surface area contributed by atoms with Crippen molar-refractivity contribution in [2.75, 3.05) is 0 Å². The summed E-state index contributed by atoms with van der Waals surface area (Å²) in [6.45, 7) is 10.7. The van der Waals surface area contributed by atoms with E-state index in [1.165, 1.54) is 41.5 Å². The molecule has 1 atom stereocenters. The molecule has 1 aliphatic carbocycles. The third-order valence-corrected chi connectivity index (χ3v) is 4.46. The third kappa shape index (κ3) is 2.11. The molecule has 0 spiro atoms. The molecule has 100 valence electrons. The molecule has 1 saturated carbocycles. The average molecular weight is 254 g/mol. The van der Waals surface area contributed by atoms with Crippen molar-refractivity contribution in [2.45, 2.75) is 46.1 Å². The van der Waals surface area contributed by atoms with Crippen LogP contribution in [0.4, 0.5) is 0 Å². The van der Waals surface area contributed by atoms with Crippen LogP contribution in [-0.2, 0) is 0 Å². The van der Waals surface area contributed by atoms with Crippen LogP contribution in [0.15, 0.2) is 29.9 Å². The molecular weight excluding hydrogens is 232 g/mol. The van der Waals surface area contributed by atoms with Gasteiger partial charge in [-0.1, -0.05) is 24.6 Å². The second-order valence-corrected chi connectivity index (χ2v) is 6.01. The number of rotatable bonds is 1. The lowest BCUT2D eigenvalue weighted by molar-refractivity contribution is 0.254. The molecule has 0 radical (unpaired) electrons. The maximum Gasteiger partial charge on any atom is 0.130 e. The Kier molecular flexibility index (Phi) is 3.00. The van der Waals surface area contributed by atoms with Crippen molar-refractivity contribution in [1.29, 1.82) is 0 Å². The molecule has 3 rings (SSSR count). The number of aryl methyl sites for hydroxylation is 2. The summed E-state index contributed by atoms with van der Waals surface area (Å²) in [5, 5.41) is 0. The van der Waals surface area contributed by atoms with Crippen molar-refractivity contribution in [3.8, 4) is 5.75 Å². The van der Waals surface area contributed by atoms with Crippen LogP contribution in [0.2, 0.25) is 0 Å². The lowest BCUT2D eigenvalue weighted by atomic mass is 9.76. The maximum atomic E-state index is 6.15. The van der Waals surface area contributed by atoms with Gasteiger partial charge >= 0.3 is 0 Å². The van der Waals surface area contributed by atoms with Crippen LogP contribution in [-0.4, -0.2) is 6.10 Å². The van der Waals surface area contributed by atoms with E-state index >= 15 is 0 Å². The van der Waals surface area contributed by atoms with Gasteiger partial charge in [0, 0.05) is 5.56 Å². The van der Waals surface area contributed by atoms with Crippen molar-refractivity contribution in [2.24, 2.45) is 5.92 Å². The predicted molar refractivity (Wildman–Crippen MR) is 80.5 cm³/mol. The number of hydrogen-bond acceptors (Lipinski definition) is 1. The molecular formula is C18H22O. The zero-order valence-corrected chi connectivity index (χ0v) is 12.1. The summed E-state index contributed by atoms with van der Waals surface area (Å²) in [6.07, 6.45) is 6.36. The summed E-state index contributed by atoms with van der Waals surface area (Å²) < 4.78 is 6.15. The molecule has 1 unspecified atom stereocenters. The normalized spacial score (nSPS) is 23.0. The van der Waals surface area contributed by atoms with E-state index in [2.05, 4.69) is 45.6 Å². The second-order valence-electron chi connectivity index (χ2n) is 6.01. The Hall–Kier alpha value is -1.50.